The largest absolute Gasteiger partial charge is 0.465 e. The lowest BCUT2D eigenvalue weighted by Crippen LogP contribution is -2.16. The molecule has 5 nitrogen and oxygen atoms in total. The van der Waals surface area contributed by atoms with Gasteiger partial charge in [-0.3, -0.25) is 4.79 Å². The Hall–Kier alpha value is -2.26. The SMILES string of the molecule is C=CCn1c(=NC(=O)c2ccccc2I)sc2cc(C(=O)OC)ccc21. The molecule has 0 spiro atoms. The average Bonchev–Trinajstić information content (AvgIpc) is 2.98. The summed E-state index contributed by atoms with van der Waals surface area (Å²) in [5.74, 6) is -0.698. The number of fused-ring (bicyclic) bond motifs is 1. The van der Waals surface area contributed by atoms with Gasteiger partial charge in [0.1, 0.15) is 0 Å². The second kappa shape index (κ2) is 7.96. The van der Waals surface area contributed by atoms with Gasteiger partial charge in [-0.25, -0.2) is 4.79 Å². The third-order valence-electron chi connectivity index (χ3n) is 3.72. The molecule has 0 aliphatic rings. The maximum Gasteiger partial charge on any atom is 0.337 e. The lowest BCUT2D eigenvalue weighted by molar-refractivity contribution is 0.0601. The minimum Gasteiger partial charge on any atom is -0.465 e. The monoisotopic (exact) mass is 478 g/mol. The van der Waals surface area contributed by atoms with E-state index in [1.54, 1.807) is 24.3 Å². The number of benzene rings is 2. The molecule has 0 radical (unpaired) electrons. The van der Waals surface area contributed by atoms with Crippen LogP contribution in [0.5, 0.6) is 0 Å². The van der Waals surface area contributed by atoms with Crippen molar-refractivity contribution >= 4 is 56.0 Å². The molecule has 0 saturated carbocycles. The predicted molar refractivity (Wildman–Crippen MR) is 110 cm³/mol. The zero-order valence-corrected chi connectivity index (χ0v) is 16.9. The van der Waals surface area contributed by atoms with Crippen molar-refractivity contribution in [1.82, 2.24) is 4.57 Å². The number of hydrogen-bond acceptors (Lipinski definition) is 4. The van der Waals surface area contributed by atoms with E-state index in [9.17, 15) is 9.59 Å². The summed E-state index contributed by atoms with van der Waals surface area (Å²) in [6.07, 6.45) is 1.75. The number of hydrogen-bond donors (Lipinski definition) is 0. The van der Waals surface area contributed by atoms with Gasteiger partial charge in [0, 0.05) is 10.1 Å². The molecule has 0 bridgehead atoms. The number of halogens is 1. The molecule has 7 heteroatoms. The molecule has 3 aromatic rings. The van der Waals surface area contributed by atoms with Gasteiger partial charge < -0.3 is 9.30 Å². The van der Waals surface area contributed by atoms with Gasteiger partial charge in [-0.1, -0.05) is 29.5 Å². The number of thiazole rings is 1. The second-order valence-corrected chi connectivity index (χ2v) is 7.53. The minimum atomic E-state index is -0.399. The maximum atomic E-state index is 12.6. The van der Waals surface area contributed by atoms with E-state index in [-0.39, 0.29) is 5.91 Å². The molecule has 0 N–H and O–H groups in total. The molecule has 0 unspecified atom stereocenters. The van der Waals surface area contributed by atoms with Crippen molar-refractivity contribution in [3.63, 3.8) is 0 Å². The fourth-order valence-electron chi connectivity index (χ4n) is 2.49. The summed E-state index contributed by atoms with van der Waals surface area (Å²) < 4.78 is 8.38. The number of rotatable bonds is 4. The van der Waals surface area contributed by atoms with E-state index in [2.05, 4.69) is 34.2 Å². The molecule has 1 amide bonds. The van der Waals surface area contributed by atoms with E-state index < -0.39 is 5.97 Å². The number of carbonyl (C=O) groups excluding carboxylic acids is 2. The Morgan fingerprint density at radius 1 is 1.31 bits per heavy atom. The third-order valence-corrected chi connectivity index (χ3v) is 5.70. The van der Waals surface area contributed by atoms with Gasteiger partial charge in [0.15, 0.2) is 4.80 Å². The van der Waals surface area contributed by atoms with E-state index in [1.165, 1.54) is 18.4 Å². The summed E-state index contributed by atoms with van der Waals surface area (Å²) in [7, 11) is 1.35. The highest BCUT2D eigenvalue weighted by Crippen LogP contribution is 2.20. The van der Waals surface area contributed by atoms with Crippen molar-refractivity contribution in [2.75, 3.05) is 7.11 Å². The highest BCUT2D eigenvalue weighted by molar-refractivity contribution is 14.1. The first-order chi connectivity index (χ1) is 12.5. The summed E-state index contributed by atoms with van der Waals surface area (Å²) >= 11 is 3.47. The molecular weight excluding hydrogens is 463 g/mol. The van der Waals surface area contributed by atoms with Crippen LogP contribution in [0, 0.1) is 3.57 Å². The summed E-state index contributed by atoms with van der Waals surface area (Å²) in [5.41, 5.74) is 1.91. The number of carbonyl (C=O) groups is 2. The Morgan fingerprint density at radius 2 is 2.08 bits per heavy atom. The van der Waals surface area contributed by atoms with E-state index in [0.717, 1.165) is 13.8 Å². The van der Waals surface area contributed by atoms with Crippen molar-refractivity contribution in [3.8, 4) is 0 Å². The number of amides is 1. The topological polar surface area (TPSA) is 60.7 Å². The van der Waals surface area contributed by atoms with Gasteiger partial charge >= 0.3 is 5.97 Å². The Balaban J connectivity index is 2.16. The first-order valence-corrected chi connectivity index (χ1v) is 9.61. The van der Waals surface area contributed by atoms with Crippen LogP contribution in [-0.4, -0.2) is 23.6 Å². The number of allylic oxidation sites excluding steroid dienone is 1. The normalized spacial score (nSPS) is 11.5. The van der Waals surface area contributed by atoms with Crippen molar-refractivity contribution < 1.29 is 14.3 Å². The summed E-state index contributed by atoms with van der Waals surface area (Å²) in [6, 6.07) is 12.6. The fourth-order valence-corrected chi connectivity index (χ4v) is 4.19. The second-order valence-electron chi connectivity index (χ2n) is 5.35. The van der Waals surface area contributed by atoms with Gasteiger partial charge in [0.05, 0.1) is 28.5 Å². The van der Waals surface area contributed by atoms with Crippen molar-refractivity contribution in [1.29, 1.82) is 0 Å². The molecule has 0 aliphatic carbocycles. The Labute approximate surface area is 167 Å². The number of methoxy groups -OCH3 is 1. The van der Waals surface area contributed by atoms with Crippen LogP contribution in [0.15, 0.2) is 60.1 Å². The minimum absolute atomic E-state index is 0.299. The number of aromatic nitrogens is 1. The zero-order valence-electron chi connectivity index (χ0n) is 13.9. The first-order valence-electron chi connectivity index (χ1n) is 7.71. The number of ether oxygens (including phenoxy) is 1. The lowest BCUT2D eigenvalue weighted by atomic mass is 10.2. The van der Waals surface area contributed by atoms with Crippen LogP contribution in [0.2, 0.25) is 0 Å². The van der Waals surface area contributed by atoms with Gasteiger partial charge in [-0.05, 0) is 52.9 Å². The van der Waals surface area contributed by atoms with Crippen molar-refractivity contribution in [2.45, 2.75) is 6.54 Å². The van der Waals surface area contributed by atoms with Crippen LogP contribution in [-0.2, 0) is 11.3 Å². The molecule has 3 rings (SSSR count). The Bertz CT molecular complexity index is 1080. The highest BCUT2D eigenvalue weighted by Gasteiger charge is 2.13. The molecule has 1 aromatic heterocycles. The van der Waals surface area contributed by atoms with Crippen LogP contribution < -0.4 is 4.80 Å². The van der Waals surface area contributed by atoms with Crippen LogP contribution in [0.1, 0.15) is 20.7 Å². The van der Waals surface area contributed by atoms with Gasteiger partial charge in [0.2, 0.25) is 0 Å². The van der Waals surface area contributed by atoms with Gasteiger partial charge in [-0.15, -0.1) is 6.58 Å². The predicted octanol–water partition coefficient (Wildman–Crippen LogP) is 4.02. The molecule has 26 heavy (non-hydrogen) atoms. The van der Waals surface area contributed by atoms with Gasteiger partial charge in [0.25, 0.3) is 5.91 Å². The van der Waals surface area contributed by atoms with E-state index in [0.29, 0.717) is 22.5 Å². The first kappa shape index (κ1) is 18.5. The molecular formula is C19H15IN2O3S. The Morgan fingerprint density at radius 3 is 2.77 bits per heavy atom. The summed E-state index contributed by atoms with van der Waals surface area (Å²) in [4.78, 5) is 29.2. The van der Waals surface area contributed by atoms with Gasteiger partial charge in [-0.2, -0.15) is 4.99 Å². The average molecular weight is 478 g/mol. The number of nitrogens with zero attached hydrogens (tertiary/aromatic N) is 2. The summed E-state index contributed by atoms with van der Waals surface area (Å²) in [6.45, 7) is 4.29. The quantitative estimate of drug-likeness (QED) is 0.324. The van der Waals surface area contributed by atoms with Crippen LogP contribution >= 0.6 is 33.9 Å². The van der Waals surface area contributed by atoms with E-state index in [1.807, 2.05) is 28.8 Å². The van der Waals surface area contributed by atoms with Crippen LogP contribution in [0.4, 0.5) is 0 Å². The molecule has 2 aromatic carbocycles. The van der Waals surface area contributed by atoms with E-state index >= 15 is 0 Å². The maximum absolute atomic E-state index is 12.6. The lowest BCUT2D eigenvalue weighted by Gasteiger charge is -2.03. The highest BCUT2D eigenvalue weighted by atomic mass is 127. The molecule has 0 saturated heterocycles. The number of esters is 1. The summed E-state index contributed by atoms with van der Waals surface area (Å²) in [5, 5.41) is 0. The Kier molecular flexibility index (Phi) is 5.67. The molecule has 132 valence electrons. The van der Waals surface area contributed by atoms with Crippen LogP contribution in [0.25, 0.3) is 10.2 Å². The standard InChI is InChI=1S/C19H15IN2O3S/c1-3-10-22-15-9-8-12(18(24)25-2)11-16(15)26-19(22)21-17(23)13-6-4-5-7-14(13)20/h3-9,11H,1,10H2,2H3. The smallest absolute Gasteiger partial charge is 0.337 e. The van der Waals surface area contributed by atoms with E-state index in [4.69, 9.17) is 4.74 Å². The molecule has 1 heterocycles. The van der Waals surface area contributed by atoms with Crippen LogP contribution in [0.3, 0.4) is 0 Å². The third kappa shape index (κ3) is 3.63. The molecule has 0 aliphatic heterocycles. The fraction of sp³-hybridized carbons (Fsp3) is 0.105. The zero-order chi connectivity index (χ0) is 18.7. The molecule has 0 atom stereocenters. The van der Waals surface area contributed by atoms with Crippen molar-refractivity contribution in [2.24, 2.45) is 4.99 Å². The molecule has 0 fully saturated rings. The van der Waals surface area contributed by atoms with Crippen molar-refractivity contribution in [3.05, 3.63) is 74.6 Å².